The second-order valence-electron chi connectivity index (χ2n) is 5.32. The van der Waals surface area contributed by atoms with E-state index < -0.39 is 0 Å². The third kappa shape index (κ3) is 3.65. The maximum atomic E-state index is 13.7. The third-order valence-corrected chi connectivity index (χ3v) is 3.46. The number of anilines is 3. The summed E-state index contributed by atoms with van der Waals surface area (Å²) in [7, 11) is 0. The van der Waals surface area contributed by atoms with Crippen molar-refractivity contribution in [1.29, 1.82) is 0 Å². The summed E-state index contributed by atoms with van der Waals surface area (Å²) < 4.78 is 13.7. The fraction of sp³-hybridized carbons (Fsp3) is 0.167. The molecule has 0 aliphatic rings. The van der Waals surface area contributed by atoms with Crippen LogP contribution in [0.2, 0.25) is 0 Å². The molecule has 0 saturated carbocycles. The number of halogens is 1. The average molecular weight is 323 g/mol. The van der Waals surface area contributed by atoms with E-state index in [4.69, 9.17) is 0 Å². The Balaban J connectivity index is 1.97. The maximum Gasteiger partial charge on any atom is 0.225 e. The van der Waals surface area contributed by atoms with Crippen molar-refractivity contribution in [2.45, 2.75) is 13.8 Å². The molecular weight excluding hydrogens is 305 g/mol. The molecule has 2 aromatic heterocycles. The summed E-state index contributed by atoms with van der Waals surface area (Å²) in [5, 5.41) is 6.24. The molecule has 0 amide bonds. The van der Waals surface area contributed by atoms with Gasteiger partial charge in [-0.1, -0.05) is 6.07 Å². The Morgan fingerprint density at radius 3 is 2.71 bits per heavy atom. The van der Waals surface area contributed by atoms with Crippen LogP contribution in [0.15, 0.2) is 48.8 Å². The van der Waals surface area contributed by atoms with Crippen LogP contribution >= 0.6 is 0 Å². The van der Waals surface area contributed by atoms with Crippen molar-refractivity contribution in [3.8, 4) is 11.3 Å². The van der Waals surface area contributed by atoms with E-state index in [1.54, 1.807) is 25.4 Å². The van der Waals surface area contributed by atoms with Gasteiger partial charge < -0.3 is 10.6 Å². The van der Waals surface area contributed by atoms with Gasteiger partial charge in [-0.15, -0.1) is 0 Å². The molecule has 2 N–H and O–H groups in total. The lowest BCUT2D eigenvalue weighted by atomic mass is 10.2. The second-order valence-corrected chi connectivity index (χ2v) is 5.32. The number of pyridine rings is 1. The predicted molar refractivity (Wildman–Crippen MR) is 93.8 cm³/mol. The van der Waals surface area contributed by atoms with E-state index in [0.29, 0.717) is 29.6 Å². The van der Waals surface area contributed by atoms with Gasteiger partial charge >= 0.3 is 0 Å². The van der Waals surface area contributed by atoms with Crippen LogP contribution in [0.3, 0.4) is 0 Å². The van der Waals surface area contributed by atoms with Crippen molar-refractivity contribution in [3.05, 3.63) is 60.2 Å². The molecule has 0 aliphatic heterocycles. The van der Waals surface area contributed by atoms with E-state index >= 15 is 0 Å². The van der Waals surface area contributed by atoms with Gasteiger partial charge in [0.25, 0.3) is 0 Å². The summed E-state index contributed by atoms with van der Waals surface area (Å²) in [6.45, 7) is 4.41. The molecule has 0 bridgehead atoms. The normalized spacial score (nSPS) is 10.5. The number of rotatable bonds is 5. The number of aromatic nitrogens is 3. The highest BCUT2D eigenvalue weighted by Crippen LogP contribution is 2.24. The van der Waals surface area contributed by atoms with Gasteiger partial charge in [0.05, 0.1) is 5.69 Å². The SMILES string of the molecule is CCNc1nc(Nc2ccc(C)c(F)c2)cc(-c2cccnc2)n1. The van der Waals surface area contributed by atoms with Crippen LogP contribution in [0.25, 0.3) is 11.3 Å². The molecule has 0 saturated heterocycles. The van der Waals surface area contributed by atoms with Gasteiger partial charge in [-0.25, -0.2) is 9.37 Å². The Hall–Kier alpha value is -3.02. The van der Waals surface area contributed by atoms with Crippen LogP contribution in [0.1, 0.15) is 12.5 Å². The number of nitrogens with zero attached hydrogens (tertiary/aromatic N) is 3. The third-order valence-electron chi connectivity index (χ3n) is 3.46. The highest BCUT2D eigenvalue weighted by molar-refractivity contribution is 5.66. The molecule has 3 rings (SSSR count). The van der Waals surface area contributed by atoms with Crippen molar-refractivity contribution in [2.75, 3.05) is 17.2 Å². The molecule has 3 aromatic rings. The summed E-state index contributed by atoms with van der Waals surface area (Å²) in [6, 6.07) is 10.6. The lowest BCUT2D eigenvalue weighted by Gasteiger charge is -2.11. The second kappa shape index (κ2) is 7.04. The molecule has 0 aliphatic carbocycles. The molecule has 0 radical (unpaired) electrons. The molecule has 122 valence electrons. The Kier molecular flexibility index (Phi) is 4.65. The van der Waals surface area contributed by atoms with E-state index in [1.807, 2.05) is 31.2 Å². The minimum Gasteiger partial charge on any atom is -0.354 e. The van der Waals surface area contributed by atoms with Crippen LogP contribution in [-0.2, 0) is 0 Å². The number of hydrogen-bond donors (Lipinski definition) is 2. The van der Waals surface area contributed by atoms with E-state index in [9.17, 15) is 4.39 Å². The zero-order chi connectivity index (χ0) is 16.9. The summed E-state index contributed by atoms with van der Waals surface area (Å²) in [5.41, 5.74) is 2.87. The predicted octanol–water partition coefficient (Wildman–Crippen LogP) is 4.16. The van der Waals surface area contributed by atoms with Crippen LogP contribution < -0.4 is 10.6 Å². The van der Waals surface area contributed by atoms with Crippen molar-refractivity contribution in [1.82, 2.24) is 15.0 Å². The molecule has 24 heavy (non-hydrogen) atoms. The first-order valence-electron chi connectivity index (χ1n) is 7.72. The molecule has 0 fully saturated rings. The number of hydrogen-bond acceptors (Lipinski definition) is 5. The molecule has 0 spiro atoms. The minimum absolute atomic E-state index is 0.256. The monoisotopic (exact) mass is 323 g/mol. The van der Waals surface area contributed by atoms with Crippen molar-refractivity contribution in [2.24, 2.45) is 0 Å². The average Bonchev–Trinajstić information content (AvgIpc) is 2.59. The molecule has 6 heteroatoms. The number of aryl methyl sites for hydroxylation is 1. The van der Waals surface area contributed by atoms with Crippen LogP contribution in [0.5, 0.6) is 0 Å². The quantitative estimate of drug-likeness (QED) is 0.738. The van der Waals surface area contributed by atoms with Crippen LogP contribution in [0.4, 0.5) is 21.8 Å². The van der Waals surface area contributed by atoms with Gasteiger partial charge in [0, 0.05) is 36.3 Å². The molecule has 0 unspecified atom stereocenters. The van der Waals surface area contributed by atoms with E-state index in [2.05, 4.69) is 25.6 Å². The van der Waals surface area contributed by atoms with Gasteiger partial charge in [-0.2, -0.15) is 4.98 Å². The van der Waals surface area contributed by atoms with E-state index in [1.165, 1.54) is 6.07 Å². The Bertz CT molecular complexity index is 836. The lowest BCUT2D eigenvalue weighted by Crippen LogP contribution is -2.05. The van der Waals surface area contributed by atoms with Gasteiger partial charge in [-0.3, -0.25) is 4.98 Å². The van der Waals surface area contributed by atoms with Gasteiger partial charge in [0.1, 0.15) is 11.6 Å². The smallest absolute Gasteiger partial charge is 0.225 e. The first-order chi connectivity index (χ1) is 11.7. The van der Waals surface area contributed by atoms with Crippen molar-refractivity contribution >= 4 is 17.5 Å². The fourth-order valence-electron chi connectivity index (χ4n) is 2.23. The topological polar surface area (TPSA) is 62.7 Å². The summed E-state index contributed by atoms with van der Waals surface area (Å²) in [5.74, 6) is 0.838. The largest absolute Gasteiger partial charge is 0.354 e. The van der Waals surface area contributed by atoms with Crippen LogP contribution in [0, 0.1) is 12.7 Å². The minimum atomic E-state index is -0.256. The van der Waals surface area contributed by atoms with E-state index in [-0.39, 0.29) is 5.82 Å². The summed E-state index contributed by atoms with van der Waals surface area (Å²) in [4.78, 5) is 13.0. The molecule has 0 atom stereocenters. The van der Waals surface area contributed by atoms with Gasteiger partial charge in [0.2, 0.25) is 5.95 Å². The summed E-state index contributed by atoms with van der Waals surface area (Å²) >= 11 is 0. The standard InChI is InChI=1S/C18H18FN5/c1-3-21-18-23-16(13-5-4-8-20-11-13)10-17(24-18)22-14-7-6-12(2)15(19)9-14/h4-11H,3H2,1-2H3,(H2,21,22,23,24). The highest BCUT2D eigenvalue weighted by atomic mass is 19.1. The Labute approximate surface area is 140 Å². The van der Waals surface area contributed by atoms with Gasteiger partial charge in [-0.05, 0) is 43.7 Å². The lowest BCUT2D eigenvalue weighted by molar-refractivity contribution is 0.619. The fourth-order valence-corrected chi connectivity index (χ4v) is 2.23. The zero-order valence-corrected chi connectivity index (χ0v) is 13.5. The molecular formula is C18H18FN5. The van der Waals surface area contributed by atoms with Crippen molar-refractivity contribution in [3.63, 3.8) is 0 Å². The van der Waals surface area contributed by atoms with Crippen molar-refractivity contribution < 1.29 is 4.39 Å². The zero-order valence-electron chi connectivity index (χ0n) is 13.5. The van der Waals surface area contributed by atoms with E-state index in [0.717, 1.165) is 11.3 Å². The first kappa shape index (κ1) is 15.9. The Morgan fingerprint density at radius 2 is 2.00 bits per heavy atom. The molecule has 2 heterocycles. The Morgan fingerprint density at radius 1 is 1.12 bits per heavy atom. The highest BCUT2D eigenvalue weighted by Gasteiger charge is 2.08. The molecule has 1 aromatic carbocycles. The maximum absolute atomic E-state index is 13.7. The summed E-state index contributed by atoms with van der Waals surface area (Å²) in [6.07, 6.45) is 3.46. The number of nitrogens with one attached hydrogen (secondary N) is 2. The van der Waals surface area contributed by atoms with Gasteiger partial charge in [0.15, 0.2) is 0 Å². The number of benzene rings is 1. The molecule has 5 nitrogen and oxygen atoms in total. The van der Waals surface area contributed by atoms with Crippen LogP contribution in [-0.4, -0.2) is 21.5 Å². The first-order valence-corrected chi connectivity index (χ1v) is 7.72.